The van der Waals surface area contributed by atoms with E-state index >= 15 is 0 Å². The van der Waals surface area contributed by atoms with Gasteiger partial charge in [-0.2, -0.15) is 0 Å². The van der Waals surface area contributed by atoms with Gasteiger partial charge in [-0.25, -0.2) is 0 Å². The summed E-state index contributed by atoms with van der Waals surface area (Å²) in [5.41, 5.74) is 14.4. The van der Waals surface area contributed by atoms with Crippen LogP contribution in [0, 0.1) is 0 Å². The highest BCUT2D eigenvalue weighted by molar-refractivity contribution is 6.14. The molecule has 10 aromatic rings. The second kappa shape index (κ2) is 13.4. The lowest BCUT2D eigenvalue weighted by molar-refractivity contribution is 0.669. The van der Waals surface area contributed by atoms with Gasteiger partial charge < -0.3 is 9.32 Å². The van der Waals surface area contributed by atoms with Gasteiger partial charge in [0.1, 0.15) is 11.2 Å². The van der Waals surface area contributed by atoms with Crippen LogP contribution in [0.4, 0.5) is 17.1 Å². The summed E-state index contributed by atoms with van der Waals surface area (Å²) in [6.45, 7) is 0. The lowest BCUT2D eigenvalue weighted by atomic mass is 9.95. The predicted molar refractivity (Wildman–Crippen MR) is 228 cm³/mol. The Kier molecular flexibility index (Phi) is 7.85. The van der Waals surface area contributed by atoms with Gasteiger partial charge in [0.05, 0.1) is 11.4 Å². The fourth-order valence-corrected chi connectivity index (χ4v) is 7.98. The van der Waals surface area contributed by atoms with Gasteiger partial charge in [0.15, 0.2) is 0 Å². The van der Waals surface area contributed by atoms with Crippen molar-refractivity contribution in [3.8, 4) is 44.5 Å². The van der Waals surface area contributed by atoms with Crippen LogP contribution in [0.1, 0.15) is 0 Å². The SMILES string of the molecule is c1ccc(-c2ccccc2N(c2cccc(-c3ccc(-c4cccc5ccccc45)cc3)c2)c2ccccc2-c2cccc3oc4ccccc4c23)cc1. The number of para-hydroxylation sites is 3. The maximum absolute atomic E-state index is 6.37. The highest BCUT2D eigenvalue weighted by Crippen LogP contribution is 2.47. The summed E-state index contributed by atoms with van der Waals surface area (Å²) in [4.78, 5) is 2.42. The van der Waals surface area contributed by atoms with Gasteiger partial charge in [-0.15, -0.1) is 0 Å². The lowest BCUT2D eigenvalue weighted by Gasteiger charge is -2.30. The molecule has 0 saturated carbocycles. The van der Waals surface area contributed by atoms with Gasteiger partial charge in [0.2, 0.25) is 0 Å². The summed E-state index contributed by atoms with van der Waals surface area (Å²) in [6.07, 6.45) is 0. The molecule has 0 radical (unpaired) electrons. The van der Waals surface area contributed by atoms with Crippen molar-refractivity contribution in [2.45, 2.75) is 0 Å². The van der Waals surface area contributed by atoms with Crippen molar-refractivity contribution in [2.24, 2.45) is 0 Å². The fourth-order valence-electron chi connectivity index (χ4n) is 7.98. The van der Waals surface area contributed by atoms with E-state index in [0.29, 0.717) is 0 Å². The molecule has 1 heterocycles. The molecule has 9 aromatic carbocycles. The van der Waals surface area contributed by atoms with Crippen LogP contribution in [-0.4, -0.2) is 0 Å². The minimum absolute atomic E-state index is 0.883. The van der Waals surface area contributed by atoms with Gasteiger partial charge in [0, 0.05) is 27.6 Å². The smallest absolute Gasteiger partial charge is 0.136 e. The monoisotopic (exact) mass is 689 g/mol. The average Bonchev–Trinajstić information content (AvgIpc) is 3.64. The first-order chi connectivity index (χ1) is 26.8. The van der Waals surface area contributed by atoms with Crippen molar-refractivity contribution in [3.63, 3.8) is 0 Å². The number of fused-ring (bicyclic) bond motifs is 4. The van der Waals surface area contributed by atoms with Gasteiger partial charge in [0.25, 0.3) is 0 Å². The van der Waals surface area contributed by atoms with E-state index in [9.17, 15) is 0 Å². The first-order valence-corrected chi connectivity index (χ1v) is 18.4. The van der Waals surface area contributed by atoms with E-state index in [1.54, 1.807) is 0 Å². The summed E-state index contributed by atoms with van der Waals surface area (Å²) in [7, 11) is 0. The number of rotatable bonds is 7. The molecule has 0 aliphatic rings. The van der Waals surface area contributed by atoms with E-state index in [0.717, 1.165) is 61.3 Å². The van der Waals surface area contributed by atoms with Crippen molar-refractivity contribution < 1.29 is 4.42 Å². The molecular weight excluding hydrogens is 655 g/mol. The zero-order valence-electron chi connectivity index (χ0n) is 29.6. The molecule has 254 valence electrons. The number of hydrogen-bond acceptors (Lipinski definition) is 2. The maximum atomic E-state index is 6.37. The Balaban J connectivity index is 1.15. The minimum atomic E-state index is 0.883. The van der Waals surface area contributed by atoms with E-state index in [2.05, 4.69) is 205 Å². The Morgan fingerprint density at radius 2 is 0.852 bits per heavy atom. The predicted octanol–water partition coefficient (Wildman–Crippen LogP) is 14.9. The second-order valence-corrected chi connectivity index (χ2v) is 13.7. The third kappa shape index (κ3) is 5.53. The number of benzene rings is 9. The zero-order valence-corrected chi connectivity index (χ0v) is 29.6. The molecule has 2 nitrogen and oxygen atoms in total. The van der Waals surface area contributed by atoms with Crippen LogP contribution in [0.2, 0.25) is 0 Å². The molecule has 0 aliphatic heterocycles. The highest BCUT2D eigenvalue weighted by atomic mass is 16.3. The van der Waals surface area contributed by atoms with E-state index < -0.39 is 0 Å². The molecular formula is C52H35NO. The van der Waals surface area contributed by atoms with Crippen LogP contribution in [-0.2, 0) is 0 Å². The summed E-state index contributed by atoms with van der Waals surface area (Å²) in [5.74, 6) is 0. The summed E-state index contributed by atoms with van der Waals surface area (Å²) < 4.78 is 6.37. The van der Waals surface area contributed by atoms with E-state index in [-0.39, 0.29) is 0 Å². The molecule has 1 aromatic heterocycles. The van der Waals surface area contributed by atoms with Crippen LogP contribution in [0.25, 0.3) is 77.2 Å². The van der Waals surface area contributed by atoms with E-state index in [1.807, 2.05) is 12.1 Å². The van der Waals surface area contributed by atoms with Gasteiger partial charge in [-0.05, 0) is 80.6 Å². The molecule has 0 unspecified atom stereocenters. The van der Waals surface area contributed by atoms with Gasteiger partial charge in [-0.3, -0.25) is 0 Å². The van der Waals surface area contributed by atoms with Crippen molar-refractivity contribution in [1.82, 2.24) is 0 Å². The molecule has 0 aliphatic carbocycles. The number of hydrogen-bond donors (Lipinski definition) is 0. The Bertz CT molecular complexity index is 2930. The zero-order chi connectivity index (χ0) is 35.8. The third-order valence-corrected chi connectivity index (χ3v) is 10.5. The number of nitrogens with zero attached hydrogens (tertiary/aromatic N) is 1. The molecule has 10 rings (SSSR count). The first-order valence-electron chi connectivity index (χ1n) is 18.4. The van der Waals surface area contributed by atoms with Crippen molar-refractivity contribution in [2.75, 3.05) is 4.90 Å². The van der Waals surface area contributed by atoms with Crippen molar-refractivity contribution in [1.29, 1.82) is 0 Å². The Morgan fingerprint density at radius 3 is 1.70 bits per heavy atom. The quantitative estimate of drug-likeness (QED) is 0.166. The number of anilines is 3. The minimum Gasteiger partial charge on any atom is -0.456 e. The maximum Gasteiger partial charge on any atom is 0.136 e. The van der Waals surface area contributed by atoms with Crippen LogP contribution < -0.4 is 4.90 Å². The summed E-state index contributed by atoms with van der Waals surface area (Å²) in [6, 6.07) is 75.9. The number of furan rings is 1. The van der Waals surface area contributed by atoms with Crippen LogP contribution in [0.3, 0.4) is 0 Å². The molecule has 0 atom stereocenters. The Hall–Kier alpha value is -7.16. The van der Waals surface area contributed by atoms with Crippen molar-refractivity contribution in [3.05, 3.63) is 212 Å². The first kappa shape index (κ1) is 31.6. The second-order valence-electron chi connectivity index (χ2n) is 13.7. The topological polar surface area (TPSA) is 16.4 Å². The highest BCUT2D eigenvalue weighted by Gasteiger charge is 2.22. The molecule has 0 amide bonds. The molecule has 0 fully saturated rings. The van der Waals surface area contributed by atoms with Gasteiger partial charge in [-0.1, -0.05) is 176 Å². The van der Waals surface area contributed by atoms with Crippen molar-refractivity contribution >= 4 is 49.8 Å². The molecule has 54 heavy (non-hydrogen) atoms. The van der Waals surface area contributed by atoms with Crippen LogP contribution in [0.15, 0.2) is 217 Å². The van der Waals surface area contributed by atoms with Crippen LogP contribution in [0.5, 0.6) is 0 Å². The van der Waals surface area contributed by atoms with E-state index in [4.69, 9.17) is 4.42 Å². The van der Waals surface area contributed by atoms with Gasteiger partial charge >= 0.3 is 0 Å². The average molecular weight is 690 g/mol. The Labute approximate surface area is 314 Å². The Morgan fingerprint density at radius 1 is 0.315 bits per heavy atom. The standard InChI is InChI=1S/C52H35NO/c1-2-15-38(16-3-1)44-22-6-9-27-48(44)53(49-28-10-7-23-45(49)46-26-14-30-51-52(46)47-24-8-11-29-50(47)54-51)41-20-12-19-40(35-41)36-31-33-39(34-32-36)43-25-13-18-37-17-4-5-21-42(37)43/h1-35H. The normalized spacial score (nSPS) is 11.3. The van der Waals surface area contributed by atoms with E-state index in [1.165, 1.54) is 33.0 Å². The molecule has 0 bridgehead atoms. The molecule has 0 saturated heterocycles. The largest absolute Gasteiger partial charge is 0.456 e. The molecule has 2 heteroatoms. The fraction of sp³-hybridized carbons (Fsp3) is 0. The summed E-state index contributed by atoms with van der Waals surface area (Å²) >= 11 is 0. The summed E-state index contributed by atoms with van der Waals surface area (Å²) in [5, 5.41) is 4.75. The lowest BCUT2D eigenvalue weighted by Crippen LogP contribution is -2.12. The molecule has 0 N–H and O–H groups in total. The molecule has 0 spiro atoms. The third-order valence-electron chi connectivity index (χ3n) is 10.5. The van der Waals surface area contributed by atoms with Crippen LogP contribution >= 0.6 is 0 Å².